The predicted octanol–water partition coefficient (Wildman–Crippen LogP) is 8.60. The number of esters is 2. The second kappa shape index (κ2) is 18.1. The van der Waals surface area contributed by atoms with Crippen molar-refractivity contribution in [3.63, 3.8) is 0 Å². The molecule has 52 heavy (non-hydrogen) atoms. The van der Waals surface area contributed by atoms with Gasteiger partial charge in [0.15, 0.2) is 11.6 Å². The van der Waals surface area contributed by atoms with Crippen molar-refractivity contribution in [3.05, 3.63) is 186 Å². The lowest BCUT2D eigenvalue weighted by Crippen LogP contribution is -2.08. The molecular weight excluding hydrogens is 669 g/mol. The number of ketones is 1. The first-order valence-electron chi connectivity index (χ1n) is 15.3. The summed E-state index contributed by atoms with van der Waals surface area (Å²) in [6, 6.07) is 24.9. The van der Waals surface area contributed by atoms with Crippen LogP contribution < -0.4 is 9.47 Å². The van der Waals surface area contributed by atoms with Gasteiger partial charge in [-0.2, -0.15) is 8.78 Å². The summed E-state index contributed by atoms with van der Waals surface area (Å²) >= 11 is 0. The van der Waals surface area contributed by atoms with E-state index in [1.54, 1.807) is 66.7 Å². The van der Waals surface area contributed by atoms with Gasteiger partial charge in [0.1, 0.15) is 23.9 Å². The molecule has 0 amide bonds. The maximum absolute atomic E-state index is 13.5. The molecule has 0 N–H and O–H groups in total. The normalized spacial score (nSPS) is 10.1. The number of carbonyl (C=O) groups excluding carboxylic acids is 3. The van der Waals surface area contributed by atoms with Crippen molar-refractivity contribution in [2.45, 2.75) is 13.0 Å². The van der Waals surface area contributed by atoms with Crippen LogP contribution in [0.25, 0.3) is 6.08 Å². The lowest BCUT2D eigenvalue weighted by molar-refractivity contribution is -0.132. The van der Waals surface area contributed by atoms with Crippen LogP contribution in [0.1, 0.15) is 38.9 Å². The zero-order valence-corrected chi connectivity index (χ0v) is 27.6. The Morgan fingerprint density at radius 3 is 1.77 bits per heavy atom. The number of hydrogen-bond acceptors (Lipinski definition) is 6. The zero-order valence-electron chi connectivity index (χ0n) is 27.6. The number of hydrogen-bond donors (Lipinski definition) is 0. The number of ether oxygens (including phenoxy) is 3. The summed E-state index contributed by atoms with van der Waals surface area (Å²) in [4.78, 5) is 35.9. The number of carbonyl (C=O) groups is 3. The van der Waals surface area contributed by atoms with E-state index < -0.39 is 29.4 Å². The SMILES string of the molecule is C=C(F)C(=C)OCc1ccc(CC(=O)/C=C/c2ccc(C#Cc3ccc(C#Cc4ccc(OC(=O)C(=C)F)cc4)c(OC(=O)C(=C)F)c3)cc2)cc1. The molecule has 4 aromatic carbocycles. The highest BCUT2D eigenvalue weighted by Gasteiger charge is 2.13. The average Bonchev–Trinajstić information content (AvgIpc) is 3.13. The third kappa shape index (κ3) is 11.8. The molecular formula is C43H29F3O6. The maximum Gasteiger partial charge on any atom is 0.371 e. The second-order valence-electron chi connectivity index (χ2n) is 10.9. The predicted molar refractivity (Wildman–Crippen MR) is 191 cm³/mol. The summed E-state index contributed by atoms with van der Waals surface area (Å²) in [7, 11) is 0. The fourth-order valence-electron chi connectivity index (χ4n) is 4.12. The van der Waals surface area contributed by atoms with Crippen LogP contribution in [0.2, 0.25) is 0 Å². The minimum absolute atomic E-state index is 0.0447. The Labute approximate surface area is 298 Å². The van der Waals surface area contributed by atoms with Gasteiger partial charge >= 0.3 is 11.9 Å². The molecule has 0 aliphatic rings. The number of rotatable bonds is 12. The van der Waals surface area contributed by atoms with E-state index in [0.29, 0.717) is 16.7 Å². The van der Waals surface area contributed by atoms with Gasteiger partial charge in [0.25, 0.3) is 0 Å². The van der Waals surface area contributed by atoms with E-state index in [1.165, 1.54) is 36.4 Å². The van der Waals surface area contributed by atoms with Crippen molar-refractivity contribution in [2.75, 3.05) is 0 Å². The number of benzene rings is 4. The van der Waals surface area contributed by atoms with E-state index >= 15 is 0 Å². The molecule has 9 heteroatoms. The lowest BCUT2D eigenvalue weighted by Gasteiger charge is -2.07. The molecule has 0 bridgehead atoms. The number of allylic oxidation sites excluding steroid dienone is 2. The van der Waals surface area contributed by atoms with Gasteiger partial charge in [-0.3, -0.25) is 4.79 Å². The van der Waals surface area contributed by atoms with E-state index in [-0.39, 0.29) is 41.6 Å². The fourth-order valence-corrected chi connectivity index (χ4v) is 4.12. The molecule has 0 spiro atoms. The van der Waals surface area contributed by atoms with Gasteiger partial charge < -0.3 is 14.2 Å². The standard InChI is InChI=1S/C43H29F3O6/c1-28(44)31(4)50-27-37-13-11-35(12-14-37)25-39(47)22-17-33-7-5-32(6-8-33)9-10-36-16-21-38(41(26-36)52-43(49)30(3)46)20-15-34-18-23-40(24-19-34)51-42(48)29(2)45/h5-8,11-14,16-19,21-24,26H,1-4,25,27H2/b22-17+. The topological polar surface area (TPSA) is 78.9 Å². The molecule has 258 valence electrons. The first kappa shape index (κ1) is 37.7. The smallest absolute Gasteiger partial charge is 0.371 e. The largest absolute Gasteiger partial charge is 0.486 e. The highest BCUT2D eigenvalue weighted by Crippen LogP contribution is 2.22. The van der Waals surface area contributed by atoms with Crippen LogP contribution in [0, 0.1) is 23.7 Å². The highest BCUT2D eigenvalue weighted by molar-refractivity contribution is 5.95. The molecule has 0 aromatic heterocycles. The summed E-state index contributed by atoms with van der Waals surface area (Å²) in [5.74, 6) is 5.75. The summed E-state index contributed by atoms with van der Waals surface area (Å²) in [5, 5.41) is 0. The quantitative estimate of drug-likeness (QED) is 0.0368. The van der Waals surface area contributed by atoms with Crippen molar-refractivity contribution in [1.82, 2.24) is 0 Å². The van der Waals surface area contributed by atoms with Crippen LogP contribution in [-0.2, 0) is 32.1 Å². The third-order valence-electron chi connectivity index (χ3n) is 6.87. The minimum atomic E-state index is -1.29. The average molecular weight is 699 g/mol. The Bertz CT molecular complexity index is 2210. The van der Waals surface area contributed by atoms with Crippen LogP contribution >= 0.6 is 0 Å². The molecule has 0 aliphatic heterocycles. The van der Waals surface area contributed by atoms with Crippen molar-refractivity contribution < 1.29 is 41.8 Å². The molecule has 0 heterocycles. The van der Waals surface area contributed by atoms with Gasteiger partial charge in [0.05, 0.1) is 5.56 Å². The second-order valence-corrected chi connectivity index (χ2v) is 10.9. The first-order chi connectivity index (χ1) is 24.9. The van der Waals surface area contributed by atoms with Crippen molar-refractivity contribution >= 4 is 23.8 Å². The molecule has 0 fully saturated rings. The summed E-state index contributed by atoms with van der Waals surface area (Å²) in [6.07, 6.45) is 3.39. The van der Waals surface area contributed by atoms with Gasteiger partial charge in [0, 0.05) is 23.1 Å². The Balaban J connectivity index is 1.40. The molecule has 0 saturated heterocycles. The maximum atomic E-state index is 13.5. The van der Waals surface area contributed by atoms with E-state index in [2.05, 4.69) is 50.0 Å². The minimum Gasteiger partial charge on any atom is -0.486 e. The van der Waals surface area contributed by atoms with Crippen molar-refractivity contribution in [3.8, 4) is 35.2 Å². The zero-order chi connectivity index (χ0) is 37.6. The van der Waals surface area contributed by atoms with Gasteiger partial charge in [-0.15, -0.1) is 0 Å². The molecule has 6 nitrogen and oxygen atoms in total. The summed E-state index contributed by atoms with van der Waals surface area (Å²) in [6.45, 7) is 12.5. The Kier molecular flexibility index (Phi) is 13.1. The van der Waals surface area contributed by atoms with E-state index in [4.69, 9.17) is 14.2 Å². The molecule has 0 aliphatic carbocycles. The van der Waals surface area contributed by atoms with Crippen LogP contribution in [-0.4, -0.2) is 17.7 Å². The molecule has 0 saturated carbocycles. The van der Waals surface area contributed by atoms with Gasteiger partial charge in [0.2, 0.25) is 11.7 Å². The molecule has 0 radical (unpaired) electrons. The van der Waals surface area contributed by atoms with E-state index in [1.807, 2.05) is 0 Å². The number of halogens is 3. The summed E-state index contributed by atoms with van der Waals surface area (Å²) < 4.78 is 54.5. The van der Waals surface area contributed by atoms with E-state index in [9.17, 15) is 27.6 Å². The van der Waals surface area contributed by atoms with E-state index in [0.717, 1.165) is 16.7 Å². The van der Waals surface area contributed by atoms with Gasteiger partial charge in [-0.25, -0.2) is 14.0 Å². The Hall–Kier alpha value is -7.10. The Morgan fingerprint density at radius 1 is 0.615 bits per heavy atom. The Morgan fingerprint density at radius 2 is 1.15 bits per heavy atom. The third-order valence-corrected chi connectivity index (χ3v) is 6.87. The van der Waals surface area contributed by atoms with Gasteiger partial charge in [-0.1, -0.05) is 92.5 Å². The van der Waals surface area contributed by atoms with Crippen LogP contribution in [0.5, 0.6) is 11.5 Å². The first-order valence-corrected chi connectivity index (χ1v) is 15.3. The van der Waals surface area contributed by atoms with Gasteiger partial charge in [-0.05, 0) is 77.4 Å². The molecule has 0 unspecified atom stereocenters. The van der Waals surface area contributed by atoms with Crippen LogP contribution in [0.15, 0.2) is 147 Å². The fraction of sp³-hybridized carbons (Fsp3) is 0.0465. The van der Waals surface area contributed by atoms with Crippen molar-refractivity contribution in [2.24, 2.45) is 0 Å². The highest BCUT2D eigenvalue weighted by atomic mass is 19.1. The molecule has 4 aromatic rings. The molecule has 0 atom stereocenters. The van der Waals surface area contributed by atoms with Crippen LogP contribution in [0.3, 0.4) is 0 Å². The lowest BCUT2D eigenvalue weighted by atomic mass is 10.1. The summed E-state index contributed by atoms with van der Waals surface area (Å²) in [5.41, 5.74) is 4.24. The monoisotopic (exact) mass is 698 g/mol. The van der Waals surface area contributed by atoms with Crippen LogP contribution in [0.4, 0.5) is 13.2 Å². The van der Waals surface area contributed by atoms with Crippen molar-refractivity contribution in [1.29, 1.82) is 0 Å². The molecule has 4 rings (SSSR count).